The number of hydrogen-bond donors (Lipinski definition) is 3. The lowest BCUT2D eigenvalue weighted by Gasteiger charge is -2.42. The minimum atomic E-state index is -0.790. The van der Waals surface area contributed by atoms with Gasteiger partial charge < -0.3 is 15.7 Å². The number of hydrogen-bond acceptors (Lipinski definition) is 4. The van der Waals surface area contributed by atoms with E-state index in [9.17, 15) is 14.4 Å². The van der Waals surface area contributed by atoms with Gasteiger partial charge in [0.25, 0.3) is 5.91 Å². The summed E-state index contributed by atoms with van der Waals surface area (Å²) in [6.45, 7) is 0.932. The molecule has 0 spiro atoms. The van der Waals surface area contributed by atoms with Gasteiger partial charge in [-0.05, 0) is 68.7 Å². The van der Waals surface area contributed by atoms with E-state index in [1.165, 1.54) is 12.8 Å². The highest BCUT2D eigenvalue weighted by Gasteiger charge is 2.37. The second kappa shape index (κ2) is 7.91. The zero-order chi connectivity index (χ0) is 19.7. The van der Waals surface area contributed by atoms with Gasteiger partial charge in [0, 0.05) is 35.8 Å². The second-order valence-corrected chi connectivity index (χ2v) is 8.40. The maximum absolute atomic E-state index is 12.4. The van der Waals surface area contributed by atoms with Crippen LogP contribution in [0.2, 0.25) is 0 Å². The quantitative estimate of drug-likeness (QED) is 0.605. The number of carbonyl (C=O) groups excluding carboxylic acids is 2. The number of carboxylic acids is 1. The lowest BCUT2D eigenvalue weighted by molar-refractivity contribution is -0.139. The second-order valence-electron chi connectivity index (χ2n) is 8.40. The highest BCUT2D eigenvalue weighted by atomic mass is 16.4. The molecule has 0 bridgehead atoms. The number of nitrogens with one attached hydrogen (secondary N) is 2. The Labute approximate surface area is 164 Å². The maximum Gasteiger partial charge on any atom is 0.317 e. The van der Waals surface area contributed by atoms with Crippen molar-refractivity contribution in [2.45, 2.75) is 50.6 Å². The van der Waals surface area contributed by atoms with E-state index in [0.29, 0.717) is 17.2 Å². The van der Waals surface area contributed by atoms with Crippen molar-refractivity contribution < 1.29 is 19.5 Å². The molecule has 0 atom stereocenters. The fourth-order valence-corrected chi connectivity index (χ4v) is 3.72. The van der Waals surface area contributed by atoms with Crippen LogP contribution in [0.3, 0.4) is 0 Å². The normalized spacial score (nSPS) is 23.8. The first-order valence-electron chi connectivity index (χ1n) is 10.2. The Morgan fingerprint density at radius 1 is 1.04 bits per heavy atom. The van der Waals surface area contributed by atoms with Crippen LogP contribution in [0.25, 0.3) is 0 Å². The third-order valence-electron chi connectivity index (χ3n) is 5.86. The van der Waals surface area contributed by atoms with E-state index in [1.807, 2.05) is 0 Å². The smallest absolute Gasteiger partial charge is 0.317 e. The largest absolute Gasteiger partial charge is 0.480 e. The van der Waals surface area contributed by atoms with Gasteiger partial charge in [-0.2, -0.15) is 0 Å². The summed E-state index contributed by atoms with van der Waals surface area (Å²) < 4.78 is 0. The monoisotopic (exact) mass is 385 g/mol. The lowest BCUT2D eigenvalue weighted by atomic mass is 9.85. The molecule has 7 nitrogen and oxygen atoms in total. The molecule has 7 heteroatoms. The molecule has 3 N–H and O–H groups in total. The minimum Gasteiger partial charge on any atom is -0.480 e. The van der Waals surface area contributed by atoms with Crippen molar-refractivity contribution in [2.24, 2.45) is 11.8 Å². The average molecular weight is 385 g/mol. The van der Waals surface area contributed by atoms with Crippen molar-refractivity contribution in [1.82, 2.24) is 10.2 Å². The van der Waals surface area contributed by atoms with E-state index in [2.05, 4.69) is 15.5 Å². The average Bonchev–Trinajstić information content (AvgIpc) is 3.51. The Kier molecular flexibility index (Phi) is 5.35. The van der Waals surface area contributed by atoms with E-state index in [1.54, 1.807) is 24.3 Å². The van der Waals surface area contributed by atoms with Gasteiger partial charge in [0.15, 0.2) is 0 Å². The summed E-state index contributed by atoms with van der Waals surface area (Å²) in [7, 11) is 0. The van der Waals surface area contributed by atoms with Crippen LogP contribution >= 0.6 is 0 Å². The van der Waals surface area contributed by atoms with Crippen molar-refractivity contribution in [3.63, 3.8) is 0 Å². The molecule has 0 unspecified atom stereocenters. The molecule has 2 amide bonds. The summed E-state index contributed by atoms with van der Waals surface area (Å²) in [5.41, 5.74) is 1.27. The molecule has 1 aromatic carbocycles. The molecule has 0 saturated heterocycles. The fourth-order valence-electron chi connectivity index (χ4n) is 3.72. The SMILES string of the molecule is O=C(O)CN(CC1CC1)C1CC(NC(=O)c2ccc(NC(=O)C3CC3)cc2)C1. The topological polar surface area (TPSA) is 98.7 Å². The number of carboxylic acid groups (broad SMARTS) is 1. The predicted molar refractivity (Wildman–Crippen MR) is 104 cm³/mol. The molecular weight excluding hydrogens is 358 g/mol. The lowest BCUT2D eigenvalue weighted by Crippen LogP contribution is -2.55. The van der Waals surface area contributed by atoms with Gasteiger partial charge in [-0.1, -0.05) is 0 Å². The molecule has 3 aliphatic rings. The summed E-state index contributed by atoms with van der Waals surface area (Å²) in [6.07, 6.45) is 5.89. The number of benzene rings is 1. The molecule has 150 valence electrons. The number of rotatable bonds is 9. The first kappa shape index (κ1) is 18.9. The Hall–Kier alpha value is -2.41. The molecular formula is C21H27N3O4. The molecule has 0 aliphatic heterocycles. The highest BCUT2D eigenvalue weighted by molar-refractivity contribution is 5.97. The van der Waals surface area contributed by atoms with E-state index in [0.717, 1.165) is 32.2 Å². The van der Waals surface area contributed by atoms with E-state index in [-0.39, 0.29) is 36.4 Å². The van der Waals surface area contributed by atoms with Gasteiger partial charge in [0.1, 0.15) is 0 Å². The van der Waals surface area contributed by atoms with E-state index >= 15 is 0 Å². The Bertz CT molecular complexity index is 749. The molecule has 0 radical (unpaired) electrons. The standard InChI is InChI=1S/C21H27N3O4/c25-19(26)12-24(11-13-1-2-13)18-9-17(10-18)23-21(28)15-5-7-16(8-6-15)22-20(27)14-3-4-14/h5-8,13-14,17-18H,1-4,9-12H2,(H,22,27)(H,23,28)(H,25,26). The van der Waals surface area contributed by atoms with Crippen LogP contribution in [-0.4, -0.2) is 53.0 Å². The molecule has 3 aliphatic carbocycles. The Morgan fingerprint density at radius 3 is 2.29 bits per heavy atom. The van der Waals surface area contributed by atoms with Gasteiger partial charge in [-0.25, -0.2) is 0 Å². The summed E-state index contributed by atoms with van der Waals surface area (Å²) in [5.74, 6) is -0.0746. The molecule has 0 heterocycles. The zero-order valence-corrected chi connectivity index (χ0v) is 15.9. The van der Waals surface area contributed by atoms with Crippen molar-refractivity contribution in [3.05, 3.63) is 29.8 Å². The van der Waals surface area contributed by atoms with E-state index in [4.69, 9.17) is 5.11 Å². The predicted octanol–water partition coefficient (Wildman–Crippen LogP) is 2.09. The maximum atomic E-state index is 12.4. The van der Waals surface area contributed by atoms with Crippen molar-refractivity contribution >= 4 is 23.5 Å². The van der Waals surface area contributed by atoms with Crippen LogP contribution in [0.1, 0.15) is 48.9 Å². The van der Waals surface area contributed by atoms with Crippen molar-refractivity contribution in [1.29, 1.82) is 0 Å². The van der Waals surface area contributed by atoms with Crippen LogP contribution < -0.4 is 10.6 Å². The molecule has 1 aromatic rings. The first-order chi connectivity index (χ1) is 13.5. The number of aliphatic carboxylic acids is 1. The van der Waals surface area contributed by atoms with Crippen LogP contribution in [0.4, 0.5) is 5.69 Å². The Balaban J connectivity index is 1.24. The molecule has 3 saturated carbocycles. The zero-order valence-electron chi connectivity index (χ0n) is 15.9. The van der Waals surface area contributed by atoms with Crippen LogP contribution in [-0.2, 0) is 9.59 Å². The van der Waals surface area contributed by atoms with Crippen LogP contribution in [0, 0.1) is 11.8 Å². The van der Waals surface area contributed by atoms with Crippen LogP contribution in [0.5, 0.6) is 0 Å². The molecule has 4 rings (SSSR count). The first-order valence-corrected chi connectivity index (χ1v) is 10.2. The van der Waals surface area contributed by atoms with E-state index < -0.39 is 5.97 Å². The van der Waals surface area contributed by atoms with Gasteiger partial charge in [0.2, 0.25) is 5.91 Å². The highest BCUT2D eigenvalue weighted by Crippen LogP contribution is 2.34. The minimum absolute atomic E-state index is 0.0508. The number of nitrogens with zero attached hydrogens (tertiary/aromatic N) is 1. The van der Waals surface area contributed by atoms with Gasteiger partial charge in [-0.3, -0.25) is 19.3 Å². The summed E-state index contributed by atoms with van der Waals surface area (Å²) in [4.78, 5) is 37.4. The third-order valence-corrected chi connectivity index (χ3v) is 5.86. The number of amides is 2. The van der Waals surface area contributed by atoms with Gasteiger partial charge in [0.05, 0.1) is 6.54 Å². The fraction of sp³-hybridized carbons (Fsp3) is 0.571. The summed E-state index contributed by atoms with van der Waals surface area (Å²) >= 11 is 0. The summed E-state index contributed by atoms with van der Waals surface area (Å²) in [5, 5.41) is 15.0. The third kappa shape index (κ3) is 4.90. The van der Waals surface area contributed by atoms with Gasteiger partial charge >= 0.3 is 5.97 Å². The Morgan fingerprint density at radius 2 is 1.71 bits per heavy atom. The summed E-state index contributed by atoms with van der Waals surface area (Å²) in [6, 6.07) is 7.27. The van der Waals surface area contributed by atoms with Crippen molar-refractivity contribution in [3.8, 4) is 0 Å². The van der Waals surface area contributed by atoms with Gasteiger partial charge in [-0.15, -0.1) is 0 Å². The number of anilines is 1. The van der Waals surface area contributed by atoms with Crippen LogP contribution in [0.15, 0.2) is 24.3 Å². The van der Waals surface area contributed by atoms with Crippen molar-refractivity contribution in [2.75, 3.05) is 18.4 Å². The molecule has 3 fully saturated rings. The number of carbonyl (C=O) groups is 3. The molecule has 0 aromatic heterocycles. The molecule has 28 heavy (non-hydrogen) atoms.